The van der Waals surface area contributed by atoms with Crippen LogP contribution >= 0.6 is 0 Å². The first-order valence-corrected chi connectivity index (χ1v) is 8.02. The zero-order valence-electron chi connectivity index (χ0n) is 11.8. The van der Waals surface area contributed by atoms with Gasteiger partial charge in [0.05, 0.1) is 13.4 Å². The predicted octanol–water partition coefficient (Wildman–Crippen LogP) is 1.11. The van der Waals surface area contributed by atoms with Crippen LogP contribution in [0, 0.1) is 0 Å². The first-order valence-electron chi connectivity index (χ1n) is 6.20. The van der Waals surface area contributed by atoms with Crippen LogP contribution in [-0.2, 0) is 10.1 Å². The molecule has 0 bridgehead atoms. The molecule has 0 saturated heterocycles. The van der Waals surface area contributed by atoms with Gasteiger partial charge in [-0.15, -0.1) is 5.10 Å². The van der Waals surface area contributed by atoms with Gasteiger partial charge >= 0.3 is 10.1 Å². The summed E-state index contributed by atoms with van der Waals surface area (Å²) in [5.41, 5.74) is 1.31. The van der Waals surface area contributed by atoms with Crippen molar-refractivity contribution in [1.82, 2.24) is 19.7 Å². The maximum absolute atomic E-state index is 11.2. The minimum absolute atomic E-state index is 0.165. The first-order chi connectivity index (χ1) is 10.5. The molecule has 0 atom stereocenters. The Morgan fingerprint density at radius 3 is 2.73 bits per heavy atom. The number of hydrogen-bond donors (Lipinski definition) is 0. The van der Waals surface area contributed by atoms with E-state index in [2.05, 4.69) is 15.1 Å². The van der Waals surface area contributed by atoms with Crippen molar-refractivity contribution in [3.05, 3.63) is 36.8 Å². The molecule has 0 radical (unpaired) electrons. The lowest BCUT2D eigenvalue weighted by molar-refractivity contribution is 0.408. The number of nitrogens with zero attached hydrogens (tertiary/aromatic N) is 4. The zero-order valence-corrected chi connectivity index (χ0v) is 12.6. The summed E-state index contributed by atoms with van der Waals surface area (Å²) in [4.78, 5) is 8.08. The average Bonchev–Trinajstić information content (AvgIpc) is 2.92. The van der Waals surface area contributed by atoms with Gasteiger partial charge in [0.1, 0.15) is 29.2 Å². The van der Waals surface area contributed by atoms with E-state index < -0.39 is 10.1 Å². The van der Waals surface area contributed by atoms with Gasteiger partial charge in [0, 0.05) is 12.3 Å². The molecule has 0 aromatic heterocycles. The molecule has 3 rings (SSSR count). The second-order valence-electron chi connectivity index (χ2n) is 4.46. The van der Waals surface area contributed by atoms with E-state index in [1.807, 2.05) is 0 Å². The number of fused-ring (bicyclic) bond motifs is 1. The lowest BCUT2D eigenvalue weighted by Gasteiger charge is -2.12. The van der Waals surface area contributed by atoms with E-state index in [0.717, 1.165) is 6.26 Å². The number of imidazole rings is 1. The fourth-order valence-electron chi connectivity index (χ4n) is 1.95. The van der Waals surface area contributed by atoms with Crippen LogP contribution in [0.1, 0.15) is 0 Å². The normalized spacial score (nSPS) is 11.5. The number of aromatic nitrogens is 4. The number of rotatable bonds is 4. The monoisotopic (exact) mass is 320 g/mol. The molecule has 0 N–H and O–H groups in total. The molecule has 114 valence electrons. The quantitative estimate of drug-likeness (QED) is 0.664. The highest BCUT2D eigenvalue weighted by molar-refractivity contribution is 7.86. The van der Waals surface area contributed by atoms with E-state index >= 15 is 0 Å². The van der Waals surface area contributed by atoms with Gasteiger partial charge in [0.2, 0.25) is 0 Å². The van der Waals surface area contributed by atoms with E-state index in [9.17, 15) is 8.42 Å². The highest BCUT2D eigenvalue weighted by Crippen LogP contribution is 2.28. The van der Waals surface area contributed by atoms with Gasteiger partial charge in [-0.1, -0.05) is 0 Å². The average molecular weight is 320 g/mol. The Hall–Kier alpha value is -2.68. The zero-order chi connectivity index (χ0) is 15.7. The summed E-state index contributed by atoms with van der Waals surface area (Å²) in [5, 5.41) is 4.32. The van der Waals surface area contributed by atoms with Crippen LogP contribution in [0.25, 0.3) is 17.2 Å². The summed E-state index contributed by atoms with van der Waals surface area (Å²) in [5.74, 6) is 1.08. The summed E-state index contributed by atoms with van der Waals surface area (Å²) >= 11 is 0. The van der Waals surface area contributed by atoms with Crippen LogP contribution in [0.4, 0.5) is 0 Å². The molecule has 1 aromatic rings. The maximum Gasteiger partial charge on any atom is 0.306 e. The molecule has 0 unspecified atom stereocenters. The smallest absolute Gasteiger partial charge is 0.306 e. The molecule has 2 aliphatic heterocycles. The van der Waals surface area contributed by atoms with E-state index in [-0.39, 0.29) is 5.75 Å². The fourth-order valence-corrected chi connectivity index (χ4v) is 2.40. The van der Waals surface area contributed by atoms with Gasteiger partial charge in [-0.3, -0.25) is 0 Å². The molecular formula is C13H12N4O4S. The molecule has 22 heavy (non-hydrogen) atoms. The molecule has 0 amide bonds. The Balaban J connectivity index is 2.05. The van der Waals surface area contributed by atoms with Crippen molar-refractivity contribution in [2.75, 3.05) is 13.4 Å². The third-order valence-corrected chi connectivity index (χ3v) is 3.32. The van der Waals surface area contributed by atoms with Crippen molar-refractivity contribution in [3.63, 3.8) is 0 Å². The Kier molecular flexibility index (Phi) is 3.41. The van der Waals surface area contributed by atoms with E-state index in [4.69, 9.17) is 8.92 Å². The third-order valence-electron chi connectivity index (χ3n) is 2.83. The standard InChI is InChI=1S/C13H12N4O4S/c1-20-12-7-9(21-22(2,18)19)3-4-11(12)17-6-5-10-13(16-17)15-8-14-10/h3-8H,1-2H3. The number of methoxy groups -OCH3 is 1. The molecule has 2 aliphatic rings. The summed E-state index contributed by atoms with van der Waals surface area (Å²) in [6.45, 7) is 0. The van der Waals surface area contributed by atoms with Crippen LogP contribution < -0.4 is 8.92 Å². The van der Waals surface area contributed by atoms with Crippen LogP contribution in [0.5, 0.6) is 11.5 Å². The fraction of sp³-hybridized carbons (Fsp3) is 0.154. The molecule has 8 nitrogen and oxygen atoms in total. The van der Waals surface area contributed by atoms with E-state index in [1.54, 1.807) is 23.0 Å². The molecule has 0 spiro atoms. The molecule has 9 heteroatoms. The minimum atomic E-state index is -3.60. The predicted molar refractivity (Wildman–Crippen MR) is 77.8 cm³/mol. The topological polar surface area (TPSA) is 96.2 Å². The van der Waals surface area contributed by atoms with Crippen LogP contribution in [0.2, 0.25) is 0 Å². The third kappa shape index (κ3) is 2.84. The van der Waals surface area contributed by atoms with Gasteiger partial charge in [-0.2, -0.15) is 8.42 Å². The summed E-state index contributed by atoms with van der Waals surface area (Å²) in [6.07, 6.45) is 4.12. The molecule has 2 heterocycles. The van der Waals surface area contributed by atoms with Gasteiger partial charge in [0.25, 0.3) is 0 Å². The summed E-state index contributed by atoms with van der Waals surface area (Å²) < 4.78 is 34.0. The largest absolute Gasteiger partial charge is 0.494 e. The highest BCUT2D eigenvalue weighted by Gasteiger charge is 2.13. The minimum Gasteiger partial charge on any atom is -0.494 e. The number of benzene rings is 1. The summed E-state index contributed by atoms with van der Waals surface area (Å²) in [7, 11) is -2.12. The SMILES string of the molecule is COc1cc(OS(C)(=O)=O)ccc1-n1ccc2ncnc-2n1. The van der Waals surface area contributed by atoms with Crippen LogP contribution in [0.3, 0.4) is 0 Å². The van der Waals surface area contributed by atoms with Crippen LogP contribution in [0.15, 0.2) is 36.8 Å². The Morgan fingerprint density at radius 2 is 2.00 bits per heavy atom. The second-order valence-corrected chi connectivity index (χ2v) is 6.04. The molecule has 0 aliphatic carbocycles. The van der Waals surface area contributed by atoms with Gasteiger partial charge < -0.3 is 8.92 Å². The van der Waals surface area contributed by atoms with E-state index in [1.165, 1.54) is 25.6 Å². The lowest BCUT2D eigenvalue weighted by atomic mass is 10.2. The summed E-state index contributed by atoms with van der Waals surface area (Å²) in [6, 6.07) is 6.42. The van der Waals surface area contributed by atoms with Crippen molar-refractivity contribution in [3.8, 4) is 28.7 Å². The van der Waals surface area contributed by atoms with Crippen molar-refractivity contribution in [1.29, 1.82) is 0 Å². The van der Waals surface area contributed by atoms with Crippen molar-refractivity contribution < 1.29 is 17.3 Å². The number of hydrogen-bond acceptors (Lipinski definition) is 7. The highest BCUT2D eigenvalue weighted by atomic mass is 32.2. The van der Waals surface area contributed by atoms with Crippen molar-refractivity contribution in [2.45, 2.75) is 0 Å². The van der Waals surface area contributed by atoms with Gasteiger partial charge in [0.15, 0.2) is 5.82 Å². The van der Waals surface area contributed by atoms with Gasteiger partial charge in [-0.25, -0.2) is 14.6 Å². The van der Waals surface area contributed by atoms with Gasteiger partial charge in [-0.05, 0) is 18.2 Å². The number of ether oxygens (including phenoxy) is 1. The Morgan fingerprint density at radius 1 is 1.18 bits per heavy atom. The lowest BCUT2D eigenvalue weighted by Crippen LogP contribution is -2.07. The second kappa shape index (κ2) is 5.26. The van der Waals surface area contributed by atoms with E-state index in [0.29, 0.717) is 23.0 Å². The Bertz CT molecular complexity index is 891. The van der Waals surface area contributed by atoms with Crippen molar-refractivity contribution in [2.24, 2.45) is 0 Å². The molecule has 0 saturated carbocycles. The molecule has 0 fully saturated rings. The Labute approximate surface area is 126 Å². The maximum atomic E-state index is 11.2. The van der Waals surface area contributed by atoms with Crippen LogP contribution in [-0.4, -0.2) is 41.5 Å². The van der Waals surface area contributed by atoms with Crippen molar-refractivity contribution >= 4 is 10.1 Å². The first kappa shape index (κ1) is 14.3. The molecule has 1 aromatic carbocycles. The molecular weight excluding hydrogens is 308 g/mol.